The molecular weight excluding hydrogens is 263 g/mol. The van der Waals surface area contributed by atoms with E-state index in [4.69, 9.17) is 4.74 Å². The van der Waals surface area contributed by atoms with Crippen LogP contribution in [0.4, 0.5) is 18.0 Å². The summed E-state index contributed by atoms with van der Waals surface area (Å²) in [7, 11) is 1.58. The number of carbonyl (C=O) groups is 1. The molecule has 1 saturated heterocycles. The van der Waals surface area contributed by atoms with Gasteiger partial charge >= 0.3 is 12.2 Å². The van der Waals surface area contributed by atoms with Crippen LogP contribution in [-0.4, -0.2) is 63.0 Å². The number of amides is 2. The Morgan fingerprint density at radius 3 is 2.84 bits per heavy atom. The Morgan fingerprint density at radius 1 is 1.47 bits per heavy atom. The number of hydrogen-bond donors (Lipinski definition) is 2. The van der Waals surface area contributed by atoms with E-state index >= 15 is 0 Å². The lowest BCUT2D eigenvalue weighted by atomic mass is 10.3. The highest BCUT2D eigenvalue weighted by atomic mass is 19.4. The van der Waals surface area contributed by atoms with Crippen molar-refractivity contribution in [3.63, 3.8) is 0 Å². The van der Waals surface area contributed by atoms with Gasteiger partial charge in [-0.3, -0.25) is 4.90 Å². The predicted molar refractivity (Wildman–Crippen MR) is 63.9 cm³/mol. The summed E-state index contributed by atoms with van der Waals surface area (Å²) in [6, 6.07) is -0.556. The summed E-state index contributed by atoms with van der Waals surface area (Å²) in [6.07, 6.45) is -2.94. The van der Waals surface area contributed by atoms with Gasteiger partial charge in [0.15, 0.2) is 0 Å². The molecule has 112 valence electrons. The standard InChI is InChI=1S/C11H20F3N3O2/c1-19-6-2-4-15-10(18)16-9-3-5-17(7-9)8-11(12,13)14/h9H,2-8H2,1H3,(H2,15,16,18)/t9-/m0/s1. The number of nitrogens with zero attached hydrogens (tertiary/aromatic N) is 1. The van der Waals surface area contributed by atoms with Crippen LogP contribution in [-0.2, 0) is 4.74 Å². The van der Waals surface area contributed by atoms with E-state index in [1.807, 2.05) is 0 Å². The molecule has 1 fully saturated rings. The lowest BCUT2D eigenvalue weighted by Gasteiger charge is -2.18. The van der Waals surface area contributed by atoms with Crippen LogP contribution in [0.3, 0.4) is 0 Å². The summed E-state index contributed by atoms with van der Waals surface area (Å²) in [5.41, 5.74) is 0. The van der Waals surface area contributed by atoms with Crippen molar-refractivity contribution in [3.8, 4) is 0 Å². The molecule has 8 heteroatoms. The minimum Gasteiger partial charge on any atom is -0.385 e. The highest BCUT2D eigenvalue weighted by Crippen LogP contribution is 2.19. The quantitative estimate of drug-likeness (QED) is 0.714. The Kier molecular flexibility index (Phi) is 6.36. The lowest BCUT2D eigenvalue weighted by molar-refractivity contribution is -0.143. The molecule has 0 unspecified atom stereocenters. The zero-order valence-corrected chi connectivity index (χ0v) is 10.9. The van der Waals surface area contributed by atoms with Gasteiger partial charge < -0.3 is 15.4 Å². The summed E-state index contributed by atoms with van der Waals surface area (Å²) in [5, 5.41) is 5.31. The minimum atomic E-state index is -4.18. The number of rotatable bonds is 6. The number of alkyl halides is 3. The first kappa shape index (κ1) is 16.0. The molecule has 19 heavy (non-hydrogen) atoms. The molecule has 1 aliphatic rings. The van der Waals surface area contributed by atoms with Gasteiger partial charge in [0.2, 0.25) is 0 Å². The van der Waals surface area contributed by atoms with E-state index < -0.39 is 12.7 Å². The largest absolute Gasteiger partial charge is 0.401 e. The van der Waals surface area contributed by atoms with Crippen LogP contribution in [0.2, 0.25) is 0 Å². The Hall–Kier alpha value is -1.02. The average molecular weight is 283 g/mol. The third-order valence-electron chi connectivity index (χ3n) is 2.82. The Labute approximate surface area is 110 Å². The molecule has 2 amide bonds. The van der Waals surface area contributed by atoms with Crippen molar-refractivity contribution in [1.82, 2.24) is 15.5 Å². The van der Waals surface area contributed by atoms with Gasteiger partial charge in [-0.25, -0.2) is 4.79 Å². The van der Waals surface area contributed by atoms with Crippen LogP contribution in [0.15, 0.2) is 0 Å². The Balaban J connectivity index is 2.15. The zero-order chi connectivity index (χ0) is 14.3. The normalized spacial score (nSPS) is 20.5. The van der Waals surface area contributed by atoms with Crippen molar-refractivity contribution >= 4 is 6.03 Å². The molecule has 1 rings (SSSR count). The molecule has 0 radical (unpaired) electrons. The van der Waals surface area contributed by atoms with E-state index in [2.05, 4.69) is 10.6 Å². The van der Waals surface area contributed by atoms with Gasteiger partial charge in [-0.1, -0.05) is 0 Å². The number of nitrogens with one attached hydrogen (secondary N) is 2. The van der Waals surface area contributed by atoms with E-state index in [1.165, 1.54) is 4.90 Å². The molecule has 1 aliphatic heterocycles. The Morgan fingerprint density at radius 2 is 2.21 bits per heavy atom. The van der Waals surface area contributed by atoms with Crippen LogP contribution in [0, 0.1) is 0 Å². The first-order valence-corrected chi connectivity index (χ1v) is 6.23. The summed E-state index contributed by atoms with van der Waals surface area (Å²) in [5.74, 6) is 0. The molecule has 0 aromatic heterocycles. The van der Waals surface area contributed by atoms with Crippen molar-refractivity contribution in [3.05, 3.63) is 0 Å². The molecule has 1 atom stereocenters. The summed E-state index contributed by atoms with van der Waals surface area (Å²) >= 11 is 0. The maximum Gasteiger partial charge on any atom is 0.401 e. The van der Waals surface area contributed by atoms with E-state index in [0.29, 0.717) is 32.5 Å². The van der Waals surface area contributed by atoms with Crippen molar-refractivity contribution < 1.29 is 22.7 Å². The maximum atomic E-state index is 12.2. The summed E-state index contributed by atoms with van der Waals surface area (Å²) in [6.45, 7) is 0.724. The molecule has 0 bridgehead atoms. The second-order valence-electron chi connectivity index (χ2n) is 4.58. The second kappa shape index (κ2) is 7.54. The van der Waals surface area contributed by atoms with Gasteiger partial charge in [-0.05, 0) is 12.8 Å². The third kappa shape index (κ3) is 7.22. The average Bonchev–Trinajstić information content (AvgIpc) is 2.69. The molecule has 2 N–H and O–H groups in total. The number of halogens is 3. The number of hydrogen-bond acceptors (Lipinski definition) is 3. The maximum absolute atomic E-state index is 12.2. The number of likely N-dealkylation sites (tertiary alicyclic amines) is 1. The monoisotopic (exact) mass is 283 g/mol. The van der Waals surface area contributed by atoms with Gasteiger partial charge in [0, 0.05) is 39.4 Å². The van der Waals surface area contributed by atoms with E-state index in [1.54, 1.807) is 7.11 Å². The van der Waals surface area contributed by atoms with Gasteiger partial charge in [0.05, 0.1) is 6.54 Å². The fraction of sp³-hybridized carbons (Fsp3) is 0.909. The SMILES string of the molecule is COCCCNC(=O)N[C@H]1CCN(CC(F)(F)F)C1. The first-order valence-electron chi connectivity index (χ1n) is 6.23. The fourth-order valence-electron chi connectivity index (χ4n) is 2.00. The minimum absolute atomic E-state index is 0.218. The third-order valence-corrected chi connectivity index (χ3v) is 2.82. The van der Waals surface area contributed by atoms with Crippen LogP contribution in [0.1, 0.15) is 12.8 Å². The smallest absolute Gasteiger partial charge is 0.385 e. The van der Waals surface area contributed by atoms with Crippen molar-refractivity contribution in [1.29, 1.82) is 0 Å². The van der Waals surface area contributed by atoms with Gasteiger partial charge in [-0.2, -0.15) is 13.2 Å². The van der Waals surface area contributed by atoms with Gasteiger partial charge in [0.25, 0.3) is 0 Å². The molecule has 1 heterocycles. The molecule has 0 saturated carbocycles. The Bertz CT molecular complexity index is 287. The fourth-order valence-corrected chi connectivity index (χ4v) is 2.00. The molecule has 0 aliphatic carbocycles. The van der Waals surface area contributed by atoms with E-state index in [-0.39, 0.29) is 18.6 Å². The number of ether oxygens (including phenoxy) is 1. The summed E-state index contributed by atoms with van der Waals surface area (Å²) in [4.78, 5) is 12.8. The molecule has 5 nitrogen and oxygen atoms in total. The first-order chi connectivity index (χ1) is 8.90. The second-order valence-corrected chi connectivity index (χ2v) is 4.58. The van der Waals surface area contributed by atoms with Gasteiger partial charge in [0.1, 0.15) is 0 Å². The summed E-state index contributed by atoms with van der Waals surface area (Å²) < 4.78 is 41.4. The number of urea groups is 1. The van der Waals surface area contributed by atoms with Crippen LogP contribution < -0.4 is 10.6 Å². The topological polar surface area (TPSA) is 53.6 Å². The molecule has 0 aromatic rings. The number of methoxy groups -OCH3 is 1. The molecule has 0 spiro atoms. The highest BCUT2D eigenvalue weighted by Gasteiger charge is 2.34. The molecule has 0 aromatic carbocycles. The van der Waals surface area contributed by atoms with E-state index in [0.717, 1.165) is 0 Å². The van der Waals surface area contributed by atoms with Crippen molar-refractivity contribution in [2.45, 2.75) is 25.1 Å². The lowest BCUT2D eigenvalue weighted by Crippen LogP contribution is -2.44. The predicted octanol–water partition coefficient (Wildman–Crippen LogP) is 0.959. The van der Waals surface area contributed by atoms with Crippen LogP contribution in [0.5, 0.6) is 0 Å². The van der Waals surface area contributed by atoms with E-state index in [9.17, 15) is 18.0 Å². The van der Waals surface area contributed by atoms with Crippen LogP contribution in [0.25, 0.3) is 0 Å². The van der Waals surface area contributed by atoms with Crippen LogP contribution >= 0.6 is 0 Å². The highest BCUT2D eigenvalue weighted by molar-refractivity contribution is 5.74. The van der Waals surface area contributed by atoms with Crippen molar-refractivity contribution in [2.24, 2.45) is 0 Å². The van der Waals surface area contributed by atoms with Crippen molar-refractivity contribution in [2.75, 3.05) is 39.9 Å². The number of carbonyl (C=O) groups excluding carboxylic acids is 1. The van der Waals surface area contributed by atoms with Gasteiger partial charge in [-0.15, -0.1) is 0 Å². The zero-order valence-electron chi connectivity index (χ0n) is 10.9. The molecular formula is C11H20F3N3O2.